The van der Waals surface area contributed by atoms with Crippen LogP contribution in [-0.4, -0.2) is 31.0 Å². The molecule has 1 saturated heterocycles. The maximum atomic E-state index is 13.3. The van der Waals surface area contributed by atoms with Gasteiger partial charge in [0.1, 0.15) is 17.3 Å². The Morgan fingerprint density at radius 3 is 2.21 bits per heavy atom. The van der Waals surface area contributed by atoms with Crippen molar-refractivity contribution in [1.82, 2.24) is 0 Å². The van der Waals surface area contributed by atoms with Crippen LogP contribution >= 0.6 is 0 Å². The summed E-state index contributed by atoms with van der Waals surface area (Å²) in [5, 5.41) is 11.4. The highest BCUT2D eigenvalue weighted by Gasteiger charge is 2.47. The molecule has 0 spiro atoms. The van der Waals surface area contributed by atoms with Crippen LogP contribution in [0.2, 0.25) is 0 Å². The molecule has 1 heterocycles. The van der Waals surface area contributed by atoms with E-state index in [2.05, 4.69) is 0 Å². The van der Waals surface area contributed by atoms with Crippen molar-refractivity contribution in [2.45, 2.75) is 19.9 Å². The van der Waals surface area contributed by atoms with Gasteiger partial charge in [0.25, 0.3) is 11.7 Å². The number of carbonyl (C=O) groups excluding carboxylic acids is 2. The molecular formula is C27H25NO5. The highest BCUT2D eigenvalue weighted by molar-refractivity contribution is 6.51. The minimum Gasteiger partial charge on any atom is -0.507 e. The molecule has 168 valence electrons. The molecule has 3 aromatic carbocycles. The van der Waals surface area contributed by atoms with E-state index in [0.717, 1.165) is 11.1 Å². The van der Waals surface area contributed by atoms with Gasteiger partial charge in [0.15, 0.2) is 0 Å². The van der Waals surface area contributed by atoms with Gasteiger partial charge in [-0.25, -0.2) is 0 Å². The Morgan fingerprint density at radius 1 is 0.879 bits per heavy atom. The van der Waals surface area contributed by atoms with Crippen LogP contribution in [0.15, 0.2) is 72.3 Å². The lowest BCUT2D eigenvalue weighted by Gasteiger charge is -2.26. The fraction of sp³-hybridized carbons (Fsp3) is 0.185. The van der Waals surface area contributed by atoms with Crippen molar-refractivity contribution in [3.05, 3.63) is 94.6 Å². The Kier molecular flexibility index (Phi) is 5.92. The maximum Gasteiger partial charge on any atom is 0.300 e. The Bertz CT molecular complexity index is 1260. The summed E-state index contributed by atoms with van der Waals surface area (Å²) in [4.78, 5) is 28.0. The third-order valence-corrected chi connectivity index (χ3v) is 5.77. The quantitative estimate of drug-likeness (QED) is 0.343. The van der Waals surface area contributed by atoms with Crippen LogP contribution in [0.3, 0.4) is 0 Å². The zero-order valence-corrected chi connectivity index (χ0v) is 19.0. The van der Waals surface area contributed by atoms with Crippen molar-refractivity contribution in [1.29, 1.82) is 0 Å². The van der Waals surface area contributed by atoms with Crippen molar-refractivity contribution in [2.24, 2.45) is 0 Å². The Morgan fingerprint density at radius 2 is 1.58 bits per heavy atom. The molecule has 6 nitrogen and oxygen atoms in total. The smallest absolute Gasteiger partial charge is 0.300 e. The molecule has 0 radical (unpaired) electrons. The van der Waals surface area contributed by atoms with Gasteiger partial charge in [-0.05, 0) is 61.4 Å². The summed E-state index contributed by atoms with van der Waals surface area (Å²) in [5.41, 5.74) is 3.45. The van der Waals surface area contributed by atoms with Crippen LogP contribution in [0, 0.1) is 13.8 Å². The number of anilines is 1. The molecule has 6 heteroatoms. The number of carbonyl (C=O) groups is 2. The van der Waals surface area contributed by atoms with Gasteiger partial charge in [0, 0.05) is 5.69 Å². The second-order valence-corrected chi connectivity index (χ2v) is 7.98. The predicted molar refractivity (Wildman–Crippen MR) is 127 cm³/mol. The molecule has 1 unspecified atom stereocenters. The van der Waals surface area contributed by atoms with Gasteiger partial charge in [-0.2, -0.15) is 0 Å². The predicted octanol–water partition coefficient (Wildman–Crippen LogP) is 4.95. The molecule has 33 heavy (non-hydrogen) atoms. The van der Waals surface area contributed by atoms with Gasteiger partial charge >= 0.3 is 0 Å². The van der Waals surface area contributed by atoms with E-state index in [-0.39, 0.29) is 11.3 Å². The van der Waals surface area contributed by atoms with E-state index < -0.39 is 17.7 Å². The Hall–Kier alpha value is -4.06. The SMILES string of the molecule is COc1ccc(C2/C(=C(\O)c3cc(C)ccc3OC)C(=O)C(=O)N2c2cccc(C)c2)cc1. The highest BCUT2D eigenvalue weighted by Crippen LogP contribution is 2.43. The van der Waals surface area contributed by atoms with Gasteiger partial charge in [-0.3, -0.25) is 14.5 Å². The van der Waals surface area contributed by atoms with Gasteiger partial charge in [-0.15, -0.1) is 0 Å². The number of aryl methyl sites for hydroxylation is 2. The number of Topliss-reactive ketones (excluding diaryl/α,β-unsaturated/α-hetero) is 1. The summed E-state index contributed by atoms with van der Waals surface area (Å²) in [5.74, 6) is -0.669. The van der Waals surface area contributed by atoms with Gasteiger partial charge < -0.3 is 14.6 Å². The first kappa shape index (κ1) is 22.1. The number of hydrogen-bond acceptors (Lipinski definition) is 5. The van der Waals surface area contributed by atoms with Crippen molar-refractivity contribution < 1.29 is 24.2 Å². The van der Waals surface area contributed by atoms with Crippen molar-refractivity contribution in [2.75, 3.05) is 19.1 Å². The first-order chi connectivity index (χ1) is 15.8. The van der Waals surface area contributed by atoms with E-state index in [1.165, 1.54) is 12.0 Å². The lowest BCUT2D eigenvalue weighted by atomic mass is 9.94. The van der Waals surface area contributed by atoms with Crippen molar-refractivity contribution >= 4 is 23.1 Å². The number of ether oxygens (including phenoxy) is 2. The minimum atomic E-state index is -0.817. The van der Waals surface area contributed by atoms with E-state index in [1.54, 1.807) is 49.6 Å². The number of amides is 1. The van der Waals surface area contributed by atoms with E-state index in [9.17, 15) is 14.7 Å². The molecule has 1 aliphatic heterocycles. The molecule has 1 N–H and O–H groups in total. The number of rotatable bonds is 5. The molecule has 0 bridgehead atoms. The van der Waals surface area contributed by atoms with Crippen LogP contribution in [0.25, 0.3) is 5.76 Å². The van der Waals surface area contributed by atoms with E-state index in [0.29, 0.717) is 28.3 Å². The minimum absolute atomic E-state index is 0.00979. The second kappa shape index (κ2) is 8.82. The maximum absolute atomic E-state index is 13.3. The van der Waals surface area contributed by atoms with Crippen molar-refractivity contribution in [3.8, 4) is 11.5 Å². The average Bonchev–Trinajstić information content (AvgIpc) is 3.09. The van der Waals surface area contributed by atoms with Crippen molar-refractivity contribution in [3.63, 3.8) is 0 Å². The third kappa shape index (κ3) is 3.96. The number of methoxy groups -OCH3 is 2. The normalized spacial score (nSPS) is 17.3. The van der Waals surface area contributed by atoms with Crippen LogP contribution in [0.4, 0.5) is 5.69 Å². The fourth-order valence-corrected chi connectivity index (χ4v) is 4.13. The fourth-order valence-electron chi connectivity index (χ4n) is 4.13. The number of benzene rings is 3. The lowest BCUT2D eigenvalue weighted by molar-refractivity contribution is -0.132. The van der Waals surface area contributed by atoms with Crippen LogP contribution in [-0.2, 0) is 9.59 Å². The largest absolute Gasteiger partial charge is 0.507 e. The summed E-state index contributed by atoms with van der Waals surface area (Å²) >= 11 is 0. The third-order valence-electron chi connectivity index (χ3n) is 5.77. The standard InChI is InChI=1S/C27H25NO5/c1-16-6-5-7-19(14-16)28-24(18-9-11-20(32-3)12-10-18)23(26(30)27(28)31)25(29)21-15-17(2)8-13-22(21)33-4/h5-15,24,29H,1-4H3/b25-23+. The van der Waals surface area contributed by atoms with E-state index in [4.69, 9.17) is 9.47 Å². The van der Waals surface area contributed by atoms with Gasteiger partial charge in [0.2, 0.25) is 0 Å². The van der Waals surface area contributed by atoms with E-state index >= 15 is 0 Å². The highest BCUT2D eigenvalue weighted by atomic mass is 16.5. The molecule has 0 aromatic heterocycles. The molecule has 1 fully saturated rings. The molecule has 4 rings (SSSR count). The molecular weight excluding hydrogens is 418 g/mol. The van der Waals surface area contributed by atoms with Crippen LogP contribution in [0.1, 0.15) is 28.3 Å². The first-order valence-electron chi connectivity index (χ1n) is 10.5. The number of nitrogens with zero attached hydrogens (tertiary/aromatic N) is 1. The monoisotopic (exact) mass is 443 g/mol. The number of aliphatic hydroxyl groups excluding tert-OH is 1. The molecule has 1 atom stereocenters. The van der Waals surface area contributed by atoms with Gasteiger partial charge in [0.05, 0.1) is 31.4 Å². The summed E-state index contributed by atoms with van der Waals surface area (Å²) in [6, 6.07) is 19.0. The Balaban J connectivity index is 1.98. The molecule has 1 amide bonds. The lowest BCUT2D eigenvalue weighted by Crippen LogP contribution is -2.29. The number of aliphatic hydroxyl groups is 1. The molecule has 0 aliphatic carbocycles. The second-order valence-electron chi connectivity index (χ2n) is 7.98. The molecule has 3 aromatic rings. The zero-order valence-electron chi connectivity index (χ0n) is 19.0. The summed E-state index contributed by atoms with van der Waals surface area (Å²) < 4.78 is 10.7. The average molecular weight is 443 g/mol. The zero-order chi connectivity index (χ0) is 23.7. The number of ketones is 1. The van der Waals surface area contributed by atoms with Gasteiger partial charge in [-0.1, -0.05) is 35.9 Å². The molecule has 1 aliphatic rings. The molecule has 0 saturated carbocycles. The topological polar surface area (TPSA) is 76.1 Å². The first-order valence-corrected chi connectivity index (χ1v) is 10.5. The summed E-state index contributed by atoms with van der Waals surface area (Å²) in [7, 11) is 3.06. The Labute approximate surface area is 192 Å². The van der Waals surface area contributed by atoms with Crippen LogP contribution in [0.5, 0.6) is 11.5 Å². The number of hydrogen-bond donors (Lipinski definition) is 1. The van der Waals surface area contributed by atoms with E-state index in [1.807, 2.05) is 38.1 Å². The summed E-state index contributed by atoms with van der Waals surface area (Å²) in [6.45, 7) is 3.79. The summed E-state index contributed by atoms with van der Waals surface area (Å²) in [6.07, 6.45) is 0. The van der Waals surface area contributed by atoms with Crippen LogP contribution < -0.4 is 14.4 Å².